The molecule has 1 N–H and O–H groups in total. The molecule has 0 saturated heterocycles. The molecule has 0 aliphatic heterocycles. The monoisotopic (exact) mass is 334 g/mol. The minimum atomic E-state index is -3.69. The van der Waals surface area contributed by atoms with Crippen LogP contribution in [0.5, 0.6) is 5.75 Å². The predicted molar refractivity (Wildman–Crippen MR) is 85.8 cm³/mol. The Hall–Kier alpha value is -2.41. The molecule has 0 saturated carbocycles. The number of hydrogen-bond acceptors (Lipinski definition) is 5. The smallest absolute Gasteiger partial charge is 0.216 e. The Kier molecular flexibility index (Phi) is 5.33. The Morgan fingerprint density at radius 2 is 1.96 bits per heavy atom. The third kappa shape index (κ3) is 4.07. The molecule has 0 spiro atoms. The Morgan fingerprint density at radius 3 is 2.48 bits per heavy atom. The van der Waals surface area contributed by atoms with E-state index in [0.717, 1.165) is 0 Å². The van der Waals surface area contributed by atoms with E-state index in [1.165, 1.54) is 32.4 Å². The number of rotatable bonds is 6. The van der Waals surface area contributed by atoms with Crippen molar-refractivity contribution >= 4 is 15.7 Å². The highest BCUT2D eigenvalue weighted by atomic mass is 32.2. The molecule has 0 unspecified atom stereocenters. The largest absolute Gasteiger partial charge is 0.497 e. The molecular weight excluding hydrogens is 316 g/mol. The zero-order valence-electron chi connectivity index (χ0n) is 12.9. The molecule has 1 aromatic carbocycles. The highest BCUT2D eigenvalue weighted by Gasteiger charge is 2.29. The normalized spacial score (nSPS) is 12.4. The molecule has 1 amide bonds. The van der Waals surface area contributed by atoms with E-state index in [9.17, 15) is 13.2 Å². The van der Waals surface area contributed by atoms with Gasteiger partial charge in [0.15, 0.2) is 9.84 Å². The molecule has 1 atom stereocenters. The van der Waals surface area contributed by atoms with Gasteiger partial charge in [0.1, 0.15) is 11.0 Å². The molecule has 2 rings (SSSR count). The fourth-order valence-electron chi connectivity index (χ4n) is 2.14. The van der Waals surface area contributed by atoms with Gasteiger partial charge in [0.2, 0.25) is 5.91 Å². The van der Waals surface area contributed by atoms with Crippen LogP contribution in [0.1, 0.15) is 17.7 Å². The summed E-state index contributed by atoms with van der Waals surface area (Å²) in [5, 5.41) is 1.66. The number of ether oxygens (including phenoxy) is 1. The van der Waals surface area contributed by atoms with Gasteiger partial charge < -0.3 is 10.1 Å². The molecule has 122 valence electrons. The van der Waals surface area contributed by atoms with Crippen LogP contribution in [-0.2, 0) is 14.6 Å². The summed E-state index contributed by atoms with van der Waals surface area (Å²) in [7, 11) is -2.17. The van der Waals surface area contributed by atoms with Gasteiger partial charge in [-0.25, -0.2) is 8.42 Å². The topological polar surface area (TPSA) is 85.4 Å². The summed E-state index contributed by atoms with van der Waals surface area (Å²) in [6, 6.07) is 9.51. The first-order valence-electron chi connectivity index (χ1n) is 6.97. The molecular formula is C16H18N2O4S. The number of nitrogens with one attached hydrogen (secondary N) is 1. The quantitative estimate of drug-likeness (QED) is 0.870. The summed E-state index contributed by atoms with van der Waals surface area (Å²) in [5.41, 5.74) is 0.525. The van der Waals surface area contributed by atoms with Crippen molar-refractivity contribution in [2.24, 2.45) is 0 Å². The number of amides is 1. The number of nitrogens with zero attached hydrogens (tertiary/aromatic N) is 1. The average Bonchev–Trinajstić information content (AvgIpc) is 2.55. The first-order valence-corrected chi connectivity index (χ1v) is 8.52. The lowest BCUT2D eigenvalue weighted by atomic mass is 10.2. The second kappa shape index (κ2) is 7.23. The number of sulfone groups is 1. The van der Waals surface area contributed by atoms with Crippen molar-refractivity contribution in [2.45, 2.75) is 17.1 Å². The fraction of sp³-hybridized carbons (Fsp3) is 0.250. The van der Waals surface area contributed by atoms with E-state index < -0.39 is 15.1 Å². The number of benzene rings is 1. The van der Waals surface area contributed by atoms with Gasteiger partial charge in [0, 0.05) is 25.9 Å². The van der Waals surface area contributed by atoms with Gasteiger partial charge in [-0.05, 0) is 35.9 Å². The van der Waals surface area contributed by atoms with Crippen LogP contribution in [-0.4, -0.2) is 33.0 Å². The minimum Gasteiger partial charge on any atom is -0.497 e. The van der Waals surface area contributed by atoms with Crippen LogP contribution in [0.25, 0.3) is 0 Å². The average molecular weight is 334 g/mol. The molecule has 0 radical (unpaired) electrons. The Bertz CT molecular complexity index is 758. The highest BCUT2D eigenvalue weighted by Crippen LogP contribution is 2.29. The van der Waals surface area contributed by atoms with E-state index in [-0.39, 0.29) is 17.3 Å². The third-order valence-corrected chi connectivity index (χ3v) is 5.47. The molecule has 0 bridgehead atoms. The van der Waals surface area contributed by atoms with Gasteiger partial charge in [-0.1, -0.05) is 6.07 Å². The third-order valence-electron chi connectivity index (χ3n) is 3.36. The lowest BCUT2D eigenvalue weighted by Gasteiger charge is -2.18. The Labute approximate surface area is 135 Å². The van der Waals surface area contributed by atoms with Crippen molar-refractivity contribution in [3.8, 4) is 5.75 Å². The molecule has 0 fully saturated rings. The molecule has 1 aromatic heterocycles. The predicted octanol–water partition coefficient (Wildman–Crippen LogP) is 1.74. The summed E-state index contributed by atoms with van der Waals surface area (Å²) in [6.45, 7) is 1.33. The van der Waals surface area contributed by atoms with Crippen LogP contribution in [0, 0.1) is 0 Å². The summed E-state index contributed by atoms with van der Waals surface area (Å²) in [5.74, 6) is 0.285. The number of carbonyl (C=O) groups excluding carboxylic acids is 1. The lowest BCUT2D eigenvalue weighted by Crippen LogP contribution is -2.30. The number of hydrogen-bond donors (Lipinski definition) is 1. The first-order chi connectivity index (χ1) is 10.9. The minimum absolute atomic E-state index is 0.0185. The van der Waals surface area contributed by atoms with E-state index in [1.54, 1.807) is 30.5 Å². The van der Waals surface area contributed by atoms with E-state index in [4.69, 9.17) is 4.74 Å². The molecule has 7 heteroatoms. The summed E-state index contributed by atoms with van der Waals surface area (Å²) < 4.78 is 30.9. The maximum absolute atomic E-state index is 12.9. The van der Waals surface area contributed by atoms with Crippen molar-refractivity contribution in [3.63, 3.8) is 0 Å². The molecule has 0 aliphatic rings. The zero-order chi connectivity index (χ0) is 16.9. The van der Waals surface area contributed by atoms with Crippen LogP contribution >= 0.6 is 0 Å². The molecule has 23 heavy (non-hydrogen) atoms. The lowest BCUT2D eigenvalue weighted by molar-refractivity contribution is -0.118. The van der Waals surface area contributed by atoms with Crippen molar-refractivity contribution in [1.82, 2.24) is 10.3 Å². The van der Waals surface area contributed by atoms with Gasteiger partial charge in [-0.3, -0.25) is 9.78 Å². The van der Waals surface area contributed by atoms with E-state index in [1.807, 2.05) is 0 Å². The van der Waals surface area contributed by atoms with E-state index >= 15 is 0 Å². The SMILES string of the molecule is COc1ccc(S(=O)(=O)[C@H](CNC(C)=O)c2cccnc2)cc1. The van der Waals surface area contributed by atoms with Crippen LogP contribution in [0.2, 0.25) is 0 Å². The van der Waals surface area contributed by atoms with Crippen LogP contribution in [0.4, 0.5) is 0 Å². The van der Waals surface area contributed by atoms with E-state index in [0.29, 0.717) is 11.3 Å². The zero-order valence-corrected chi connectivity index (χ0v) is 13.7. The summed E-state index contributed by atoms with van der Waals surface area (Å²) in [4.78, 5) is 15.3. The molecule has 0 aliphatic carbocycles. The maximum atomic E-state index is 12.9. The number of methoxy groups -OCH3 is 1. The van der Waals surface area contributed by atoms with Crippen LogP contribution in [0.15, 0.2) is 53.7 Å². The molecule has 2 aromatic rings. The van der Waals surface area contributed by atoms with Gasteiger partial charge >= 0.3 is 0 Å². The van der Waals surface area contributed by atoms with Crippen LogP contribution < -0.4 is 10.1 Å². The Balaban J connectivity index is 2.41. The number of aromatic nitrogens is 1. The van der Waals surface area contributed by atoms with E-state index in [2.05, 4.69) is 10.3 Å². The first kappa shape index (κ1) is 17.0. The molecule has 6 nitrogen and oxygen atoms in total. The van der Waals surface area contributed by atoms with Crippen molar-refractivity contribution in [2.75, 3.05) is 13.7 Å². The Morgan fingerprint density at radius 1 is 1.26 bits per heavy atom. The molecule has 1 heterocycles. The fourth-order valence-corrected chi connectivity index (χ4v) is 3.78. The van der Waals surface area contributed by atoms with Crippen LogP contribution in [0.3, 0.4) is 0 Å². The van der Waals surface area contributed by atoms with Gasteiger partial charge in [-0.2, -0.15) is 0 Å². The maximum Gasteiger partial charge on any atom is 0.216 e. The van der Waals surface area contributed by atoms with Gasteiger partial charge in [-0.15, -0.1) is 0 Å². The number of pyridine rings is 1. The second-order valence-electron chi connectivity index (χ2n) is 4.93. The standard InChI is InChI=1S/C16H18N2O4S/c1-12(19)18-11-16(13-4-3-9-17-10-13)23(20,21)15-7-5-14(22-2)6-8-15/h3-10,16H,11H2,1-2H3,(H,18,19)/t16-/m1/s1. The van der Waals surface area contributed by atoms with Gasteiger partial charge in [0.25, 0.3) is 0 Å². The summed E-state index contributed by atoms with van der Waals surface area (Å²) in [6.07, 6.45) is 3.06. The summed E-state index contributed by atoms with van der Waals surface area (Å²) >= 11 is 0. The van der Waals surface area contributed by atoms with Crippen molar-refractivity contribution in [3.05, 3.63) is 54.4 Å². The van der Waals surface area contributed by atoms with Gasteiger partial charge in [0.05, 0.1) is 12.0 Å². The van der Waals surface area contributed by atoms with Crippen molar-refractivity contribution < 1.29 is 17.9 Å². The highest BCUT2D eigenvalue weighted by molar-refractivity contribution is 7.91. The second-order valence-corrected chi connectivity index (χ2v) is 7.06. The van der Waals surface area contributed by atoms with Crippen molar-refractivity contribution in [1.29, 1.82) is 0 Å². The number of carbonyl (C=O) groups is 1.